The molecule has 1 atom stereocenters. The number of fused-ring (bicyclic) bond motifs is 3. The minimum atomic E-state index is -1.02. The molecule has 0 aromatic heterocycles. The van der Waals surface area contributed by atoms with E-state index in [0.717, 1.165) is 0 Å². The first kappa shape index (κ1) is 30.0. The Labute approximate surface area is 231 Å². The van der Waals surface area contributed by atoms with Crippen molar-refractivity contribution in [1.82, 2.24) is 0 Å². The molecule has 0 aliphatic heterocycles. The number of rotatable bonds is 1. The zero-order valence-electron chi connectivity index (χ0n) is 24.3. The Morgan fingerprint density at radius 1 is 0.829 bits per heavy atom. The average molecular weight is 562 g/mol. The topological polar surface area (TPSA) is 0 Å². The van der Waals surface area contributed by atoms with Crippen LogP contribution in [0.5, 0.6) is 0 Å². The van der Waals surface area contributed by atoms with Gasteiger partial charge in [-0.1, -0.05) is 109 Å². The molecule has 3 aromatic carbocycles. The molecule has 0 radical (unpaired) electrons. The fraction of sp³-hybridized carbons (Fsp3) is 0.455. The summed E-state index contributed by atoms with van der Waals surface area (Å²) in [5.74, 6) is 0.557. The van der Waals surface area contributed by atoms with Crippen LogP contribution in [0, 0.1) is 12.0 Å². The summed E-state index contributed by atoms with van der Waals surface area (Å²) in [6.45, 7) is 27.2. The third-order valence-corrected chi connectivity index (χ3v) is 8.28. The van der Waals surface area contributed by atoms with E-state index >= 15 is 0 Å². The summed E-state index contributed by atoms with van der Waals surface area (Å²) < 4.78 is 1.51. The quantitative estimate of drug-likeness (QED) is 0.205. The first-order valence-electron chi connectivity index (χ1n) is 12.9. The second-order valence-electron chi connectivity index (χ2n) is 13.2. The first-order valence-corrected chi connectivity index (χ1v) is 17.6. The molecule has 4 rings (SSSR count). The summed E-state index contributed by atoms with van der Waals surface area (Å²) in [7, 11) is -1.02. The third kappa shape index (κ3) is 8.68. The van der Waals surface area contributed by atoms with Gasteiger partial charge in [0.25, 0.3) is 0 Å². The Kier molecular flexibility index (Phi) is 9.80. The fourth-order valence-corrected chi connectivity index (χ4v) is 5.28. The van der Waals surface area contributed by atoms with E-state index in [9.17, 15) is 0 Å². The molecule has 0 fully saturated rings. The molecular formula is C33H46SiZr. The van der Waals surface area contributed by atoms with Gasteiger partial charge in [0.05, 0.1) is 0 Å². The van der Waals surface area contributed by atoms with E-state index < -0.39 is 8.07 Å². The van der Waals surface area contributed by atoms with Crippen LogP contribution in [0.15, 0.2) is 59.8 Å². The van der Waals surface area contributed by atoms with E-state index in [1.165, 1.54) is 35.9 Å². The third-order valence-electron chi connectivity index (χ3n) is 6.23. The van der Waals surface area contributed by atoms with Gasteiger partial charge in [-0.05, 0) is 18.9 Å². The van der Waals surface area contributed by atoms with E-state index in [0.29, 0.717) is 5.92 Å². The molecular weight excluding hydrogens is 516 g/mol. The van der Waals surface area contributed by atoms with Gasteiger partial charge in [-0.15, -0.1) is 39.7 Å². The number of hydrogen-bond donors (Lipinski definition) is 0. The van der Waals surface area contributed by atoms with Gasteiger partial charge in [-0.3, -0.25) is 6.08 Å². The first-order chi connectivity index (χ1) is 15.9. The average Bonchev–Trinajstić information content (AvgIpc) is 3.29. The summed E-state index contributed by atoms with van der Waals surface area (Å²) in [5, 5.41) is 7.03. The van der Waals surface area contributed by atoms with Gasteiger partial charge in [0.2, 0.25) is 0 Å². The zero-order valence-corrected chi connectivity index (χ0v) is 27.7. The second kappa shape index (κ2) is 11.4. The zero-order chi connectivity index (χ0) is 26.8. The molecule has 1 unspecified atom stereocenters. The van der Waals surface area contributed by atoms with Crippen LogP contribution >= 0.6 is 0 Å². The van der Waals surface area contributed by atoms with E-state index in [4.69, 9.17) is 0 Å². The Hall–Kier alpha value is -1.24. The number of allylic oxidation sites excluding steroid dienone is 4. The van der Waals surface area contributed by atoms with Crippen LogP contribution in [0.3, 0.4) is 0 Å². The predicted octanol–water partition coefficient (Wildman–Crippen LogP) is 9.85. The molecule has 0 saturated carbocycles. The van der Waals surface area contributed by atoms with Gasteiger partial charge in [-0.25, -0.2) is 11.3 Å². The van der Waals surface area contributed by atoms with Crippen molar-refractivity contribution in [3.05, 3.63) is 77.0 Å². The van der Waals surface area contributed by atoms with Gasteiger partial charge in [-0.2, -0.15) is 6.08 Å². The van der Waals surface area contributed by atoms with E-state index in [1.807, 2.05) is 0 Å². The molecule has 1 aliphatic rings. The fourth-order valence-electron chi connectivity index (χ4n) is 4.01. The van der Waals surface area contributed by atoms with Crippen LogP contribution in [0.1, 0.15) is 73.4 Å². The molecule has 35 heavy (non-hydrogen) atoms. The molecule has 0 amide bonds. The molecule has 1 aliphatic carbocycles. The summed E-state index contributed by atoms with van der Waals surface area (Å²) in [5.41, 5.74) is 3.21. The Bertz CT molecular complexity index is 1160. The summed E-state index contributed by atoms with van der Waals surface area (Å²) >= 11 is 1.55. The molecule has 186 valence electrons. The normalized spacial score (nSPS) is 15.9. The van der Waals surface area contributed by atoms with E-state index in [-0.39, 0.29) is 10.8 Å². The maximum atomic E-state index is 3.29. The molecule has 0 N–H and O–H groups in total. The SMILES string of the molecule is CC(C)(C)c1ccc2c(c1)[cH-]c1cc(C(C)(C)C)ccc12.CC1[C-]=CC([Si](C)(C)C)=C1.C[C](C)=[Zr+2]. The molecule has 0 saturated heterocycles. The van der Waals surface area contributed by atoms with Crippen LogP contribution in [0.25, 0.3) is 21.5 Å². The summed E-state index contributed by atoms with van der Waals surface area (Å²) in [6.07, 6.45) is 7.81. The van der Waals surface area contributed by atoms with Crippen LogP contribution in [-0.4, -0.2) is 11.3 Å². The summed E-state index contributed by atoms with van der Waals surface area (Å²) in [4.78, 5) is 0. The molecule has 0 nitrogen and oxygen atoms in total. The van der Waals surface area contributed by atoms with Crippen molar-refractivity contribution < 1.29 is 24.2 Å². The van der Waals surface area contributed by atoms with Crippen molar-refractivity contribution in [2.75, 3.05) is 0 Å². The monoisotopic (exact) mass is 560 g/mol. The van der Waals surface area contributed by atoms with Crippen molar-refractivity contribution in [2.24, 2.45) is 5.92 Å². The van der Waals surface area contributed by atoms with Gasteiger partial charge < -0.3 is 0 Å². The van der Waals surface area contributed by atoms with Gasteiger partial charge >= 0.3 is 41.3 Å². The number of benzene rings is 2. The van der Waals surface area contributed by atoms with Crippen molar-refractivity contribution in [3.63, 3.8) is 0 Å². The van der Waals surface area contributed by atoms with Crippen LogP contribution in [0.4, 0.5) is 0 Å². The van der Waals surface area contributed by atoms with Crippen LogP contribution < -0.4 is 0 Å². The number of hydrogen-bond acceptors (Lipinski definition) is 0. The Balaban J connectivity index is 0.000000257. The maximum absolute atomic E-state index is 3.29. The van der Waals surface area contributed by atoms with Crippen LogP contribution in [0.2, 0.25) is 19.6 Å². The van der Waals surface area contributed by atoms with Gasteiger partial charge in [0, 0.05) is 0 Å². The minimum absolute atomic E-state index is 0.203. The predicted molar refractivity (Wildman–Crippen MR) is 159 cm³/mol. The van der Waals surface area contributed by atoms with Crippen molar-refractivity contribution in [3.8, 4) is 0 Å². The van der Waals surface area contributed by atoms with Crippen molar-refractivity contribution in [1.29, 1.82) is 0 Å². The van der Waals surface area contributed by atoms with Crippen LogP contribution in [-0.2, 0) is 35.1 Å². The van der Waals surface area contributed by atoms with E-state index in [1.54, 1.807) is 29.4 Å². The molecule has 0 bridgehead atoms. The second-order valence-corrected chi connectivity index (χ2v) is 20.8. The molecule has 0 heterocycles. The van der Waals surface area contributed by atoms with Gasteiger partial charge in [0.1, 0.15) is 0 Å². The standard InChI is InChI=1S/C21H25.C9H15Si.C3H6.Zr/c1-20(2,3)16-7-9-18-14(12-16)11-15-13-17(21(4,5)6)8-10-19(15)18;1-8-5-6-9(7-8)10(2,3)4;1-3-2;/h7-13H,1-6H3;6-8H,1-4H3;1-2H3;/q2*-1;;+2. The van der Waals surface area contributed by atoms with Crippen molar-refractivity contribution in [2.45, 2.75) is 92.8 Å². The summed E-state index contributed by atoms with van der Waals surface area (Å²) in [6, 6.07) is 16.2. The van der Waals surface area contributed by atoms with Crippen molar-refractivity contribution >= 4 is 32.8 Å². The molecule has 0 spiro atoms. The van der Waals surface area contributed by atoms with Gasteiger partial charge in [0.15, 0.2) is 0 Å². The Morgan fingerprint density at radius 3 is 1.49 bits per heavy atom. The van der Waals surface area contributed by atoms with E-state index in [2.05, 4.69) is 143 Å². The Morgan fingerprint density at radius 2 is 1.23 bits per heavy atom. The molecule has 2 heteroatoms. The molecule has 3 aromatic rings.